The van der Waals surface area contributed by atoms with Crippen molar-refractivity contribution in [3.8, 4) is 6.07 Å². The summed E-state index contributed by atoms with van der Waals surface area (Å²) in [7, 11) is 3.33. The van der Waals surface area contributed by atoms with Crippen molar-refractivity contribution in [1.82, 2.24) is 4.90 Å². The number of nitriles is 1. The first-order chi connectivity index (χ1) is 7.04. The second-order valence-corrected chi connectivity index (χ2v) is 3.47. The first-order valence-corrected chi connectivity index (χ1v) is 4.53. The molecular formula is C11H13N3O. The van der Waals surface area contributed by atoms with Crippen molar-refractivity contribution in [2.45, 2.75) is 6.92 Å². The van der Waals surface area contributed by atoms with Gasteiger partial charge in [-0.05, 0) is 24.6 Å². The van der Waals surface area contributed by atoms with Crippen molar-refractivity contribution < 1.29 is 4.79 Å². The zero-order chi connectivity index (χ0) is 11.4. The molecule has 0 fully saturated rings. The molecule has 0 atom stereocenters. The van der Waals surface area contributed by atoms with Crippen LogP contribution in [0.4, 0.5) is 10.5 Å². The normalized spacial score (nSPS) is 9.20. The number of hydrogen-bond acceptors (Lipinski definition) is 2. The number of carbonyl (C=O) groups excluding carboxylic acids is 1. The maximum absolute atomic E-state index is 11.4. The highest BCUT2D eigenvalue weighted by Crippen LogP contribution is 2.16. The minimum atomic E-state index is -0.201. The minimum absolute atomic E-state index is 0.201. The van der Waals surface area contributed by atoms with E-state index in [1.165, 1.54) is 4.90 Å². The predicted octanol–water partition coefficient (Wildman–Crippen LogP) is 1.96. The molecule has 0 saturated carbocycles. The third-order valence-electron chi connectivity index (χ3n) is 2.01. The Morgan fingerprint density at radius 2 is 2.13 bits per heavy atom. The molecule has 4 heteroatoms. The van der Waals surface area contributed by atoms with E-state index < -0.39 is 0 Å². The van der Waals surface area contributed by atoms with Gasteiger partial charge in [0.05, 0.1) is 11.6 Å². The second-order valence-electron chi connectivity index (χ2n) is 3.47. The van der Waals surface area contributed by atoms with Crippen LogP contribution in [-0.4, -0.2) is 25.0 Å². The summed E-state index contributed by atoms with van der Waals surface area (Å²) in [5.74, 6) is 0. The molecular weight excluding hydrogens is 190 g/mol. The highest BCUT2D eigenvalue weighted by Gasteiger charge is 2.06. The van der Waals surface area contributed by atoms with E-state index in [0.29, 0.717) is 11.3 Å². The molecule has 0 radical (unpaired) electrons. The largest absolute Gasteiger partial charge is 0.331 e. The summed E-state index contributed by atoms with van der Waals surface area (Å²) in [6.45, 7) is 1.88. The summed E-state index contributed by atoms with van der Waals surface area (Å²) in [5, 5.41) is 11.4. The van der Waals surface area contributed by atoms with Crippen LogP contribution in [-0.2, 0) is 0 Å². The van der Waals surface area contributed by atoms with Crippen molar-refractivity contribution in [3.63, 3.8) is 0 Å². The third-order valence-corrected chi connectivity index (χ3v) is 2.01. The molecule has 0 unspecified atom stereocenters. The molecule has 1 N–H and O–H groups in total. The number of nitrogens with zero attached hydrogens (tertiary/aromatic N) is 2. The van der Waals surface area contributed by atoms with Crippen molar-refractivity contribution >= 4 is 11.7 Å². The number of nitrogens with one attached hydrogen (secondary N) is 1. The van der Waals surface area contributed by atoms with Gasteiger partial charge in [0.2, 0.25) is 0 Å². The SMILES string of the molecule is Cc1ccc(C#N)cc1NC(=O)N(C)C. The standard InChI is InChI=1S/C11H13N3O/c1-8-4-5-9(7-12)6-10(8)13-11(15)14(2)3/h4-6H,1-3H3,(H,13,15). The number of hydrogen-bond donors (Lipinski definition) is 1. The predicted molar refractivity (Wildman–Crippen MR) is 58.6 cm³/mol. The van der Waals surface area contributed by atoms with Crippen LogP contribution in [0.1, 0.15) is 11.1 Å². The van der Waals surface area contributed by atoms with Gasteiger partial charge in [-0.2, -0.15) is 5.26 Å². The summed E-state index contributed by atoms with van der Waals surface area (Å²) in [6, 6.07) is 7.03. The third kappa shape index (κ3) is 2.71. The zero-order valence-electron chi connectivity index (χ0n) is 9.03. The Balaban J connectivity index is 2.94. The molecule has 15 heavy (non-hydrogen) atoms. The summed E-state index contributed by atoms with van der Waals surface area (Å²) >= 11 is 0. The van der Waals surface area contributed by atoms with Gasteiger partial charge in [0, 0.05) is 19.8 Å². The molecule has 1 rings (SSSR count). The number of carbonyl (C=O) groups is 1. The summed E-state index contributed by atoms with van der Waals surface area (Å²) in [5.41, 5.74) is 2.15. The van der Waals surface area contributed by atoms with Gasteiger partial charge in [0.1, 0.15) is 0 Å². The fraction of sp³-hybridized carbons (Fsp3) is 0.273. The van der Waals surface area contributed by atoms with Crippen LogP contribution in [0, 0.1) is 18.3 Å². The molecule has 0 aliphatic heterocycles. The molecule has 2 amide bonds. The Kier molecular flexibility index (Phi) is 3.29. The Bertz CT molecular complexity index is 418. The van der Waals surface area contributed by atoms with Crippen molar-refractivity contribution in [2.75, 3.05) is 19.4 Å². The average molecular weight is 203 g/mol. The number of aryl methyl sites for hydroxylation is 1. The number of benzene rings is 1. The molecule has 0 spiro atoms. The lowest BCUT2D eigenvalue weighted by Crippen LogP contribution is -2.27. The molecule has 0 aliphatic rings. The maximum Gasteiger partial charge on any atom is 0.321 e. The molecule has 0 bridgehead atoms. The van der Waals surface area contributed by atoms with E-state index in [9.17, 15) is 4.79 Å². The highest BCUT2D eigenvalue weighted by atomic mass is 16.2. The first kappa shape index (κ1) is 11.1. The topological polar surface area (TPSA) is 56.1 Å². The van der Waals surface area contributed by atoms with Crippen molar-refractivity contribution in [3.05, 3.63) is 29.3 Å². The lowest BCUT2D eigenvalue weighted by Gasteiger charge is -2.13. The molecule has 1 aromatic rings. The van der Waals surface area contributed by atoms with Crippen LogP contribution >= 0.6 is 0 Å². The van der Waals surface area contributed by atoms with Gasteiger partial charge in [0.25, 0.3) is 0 Å². The van der Waals surface area contributed by atoms with E-state index in [2.05, 4.69) is 5.32 Å². The quantitative estimate of drug-likeness (QED) is 0.758. The van der Waals surface area contributed by atoms with E-state index in [1.54, 1.807) is 26.2 Å². The fourth-order valence-electron chi connectivity index (χ4n) is 1.05. The molecule has 0 aromatic heterocycles. The molecule has 1 aromatic carbocycles. The van der Waals surface area contributed by atoms with E-state index in [0.717, 1.165) is 5.56 Å². The molecule has 0 saturated heterocycles. The average Bonchev–Trinajstić information content (AvgIpc) is 2.21. The maximum atomic E-state index is 11.4. The van der Waals surface area contributed by atoms with Gasteiger partial charge in [-0.3, -0.25) is 0 Å². The van der Waals surface area contributed by atoms with E-state index in [1.807, 2.05) is 19.1 Å². The van der Waals surface area contributed by atoms with Crippen LogP contribution in [0.5, 0.6) is 0 Å². The van der Waals surface area contributed by atoms with Gasteiger partial charge in [-0.25, -0.2) is 4.79 Å². The Hall–Kier alpha value is -2.02. The van der Waals surface area contributed by atoms with E-state index in [-0.39, 0.29) is 6.03 Å². The van der Waals surface area contributed by atoms with Crippen molar-refractivity contribution in [1.29, 1.82) is 5.26 Å². The summed E-state index contributed by atoms with van der Waals surface area (Å²) in [4.78, 5) is 12.8. The highest BCUT2D eigenvalue weighted by molar-refractivity contribution is 5.90. The number of urea groups is 1. The van der Waals surface area contributed by atoms with E-state index >= 15 is 0 Å². The molecule has 0 aliphatic carbocycles. The van der Waals surface area contributed by atoms with Crippen LogP contribution in [0.3, 0.4) is 0 Å². The molecule has 78 valence electrons. The number of rotatable bonds is 1. The second kappa shape index (κ2) is 4.47. The lowest BCUT2D eigenvalue weighted by atomic mass is 10.1. The number of anilines is 1. The Labute approximate surface area is 89.1 Å². The molecule has 4 nitrogen and oxygen atoms in total. The van der Waals surface area contributed by atoms with Crippen LogP contribution in [0.25, 0.3) is 0 Å². The fourth-order valence-corrected chi connectivity index (χ4v) is 1.05. The Morgan fingerprint density at radius 3 is 2.67 bits per heavy atom. The van der Waals surface area contributed by atoms with E-state index in [4.69, 9.17) is 5.26 Å². The molecule has 0 heterocycles. The first-order valence-electron chi connectivity index (χ1n) is 4.53. The summed E-state index contributed by atoms with van der Waals surface area (Å²) < 4.78 is 0. The van der Waals surface area contributed by atoms with Crippen LogP contribution in [0.15, 0.2) is 18.2 Å². The van der Waals surface area contributed by atoms with Gasteiger partial charge in [-0.15, -0.1) is 0 Å². The van der Waals surface area contributed by atoms with Crippen LogP contribution in [0.2, 0.25) is 0 Å². The van der Waals surface area contributed by atoms with Gasteiger partial charge < -0.3 is 10.2 Å². The number of amides is 2. The minimum Gasteiger partial charge on any atom is -0.331 e. The Morgan fingerprint density at radius 1 is 1.47 bits per heavy atom. The zero-order valence-corrected chi connectivity index (χ0v) is 9.03. The monoisotopic (exact) mass is 203 g/mol. The van der Waals surface area contributed by atoms with Crippen molar-refractivity contribution in [2.24, 2.45) is 0 Å². The van der Waals surface area contributed by atoms with Gasteiger partial charge >= 0.3 is 6.03 Å². The lowest BCUT2D eigenvalue weighted by molar-refractivity contribution is 0.230. The van der Waals surface area contributed by atoms with Gasteiger partial charge in [-0.1, -0.05) is 6.07 Å². The summed E-state index contributed by atoms with van der Waals surface area (Å²) in [6.07, 6.45) is 0. The van der Waals surface area contributed by atoms with Crippen LogP contribution < -0.4 is 5.32 Å². The smallest absolute Gasteiger partial charge is 0.321 e. The van der Waals surface area contributed by atoms with Gasteiger partial charge in [0.15, 0.2) is 0 Å².